The maximum atomic E-state index is 12.8. The van der Waals surface area contributed by atoms with Gasteiger partial charge in [0.25, 0.3) is 5.91 Å². The third kappa shape index (κ3) is 4.85. The van der Waals surface area contributed by atoms with E-state index in [1.54, 1.807) is 32.4 Å². The standard InChI is InChI=1S/C18H28N2O4/c1-20(15-6-4-9-19-13-15)18(21)14-7-8-16(23-3)17(12-14)24-11-5-10-22-2/h7-8,12,15,19H,4-6,9-11,13H2,1-3H3/t15-/m1/s1. The quantitative estimate of drug-likeness (QED) is 0.735. The third-order valence-corrected chi connectivity index (χ3v) is 4.30. The van der Waals surface area contributed by atoms with Crippen molar-refractivity contribution in [1.29, 1.82) is 0 Å². The number of hydrogen-bond acceptors (Lipinski definition) is 5. The minimum absolute atomic E-state index is 0.00749. The SMILES string of the molecule is COCCCOc1cc(C(=O)N(C)[C@@H]2CCCNC2)ccc1OC. The first-order chi connectivity index (χ1) is 11.7. The van der Waals surface area contributed by atoms with E-state index in [9.17, 15) is 4.79 Å². The monoisotopic (exact) mass is 336 g/mol. The lowest BCUT2D eigenvalue weighted by molar-refractivity contribution is 0.0707. The Morgan fingerprint density at radius 2 is 2.12 bits per heavy atom. The van der Waals surface area contributed by atoms with Gasteiger partial charge in [0.2, 0.25) is 0 Å². The number of methoxy groups -OCH3 is 2. The smallest absolute Gasteiger partial charge is 0.254 e. The lowest BCUT2D eigenvalue weighted by atomic mass is 10.0. The van der Waals surface area contributed by atoms with Gasteiger partial charge >= 0.3 is 0 Å². The fourth-order valence-electron chi connectivity index (χ4n) is 2.84. The molecule has 134 valence electrons. The number of amides is 1. The highest BCUT2D eigenvalue weighted by atomic mass is 16.5. The van der Waals surface area contributed by atoms with Crippen LogP contribution in [0.4, 0.5) is 0 Å². The van der Waals surface area contributed by atoms with Crippen molar-refractivity contribution in [2.45, 2.75) is 25.3 Å². The van der Waals surface area contributed by atoms with Gasteiger partial charge in [0.05, 0.1) is 13.7 Å². The van der Waals surface area contributed by atoms with Crippen LogP contribution >= 0.6 is 0 Å². The molecule has 1 atom stereocenters. The first-order valence-corrected chi connectivity index (χ1v) is 8.45. The van der Waals surface area contributed by atoms with Crippen molar-refractivity contribution in [2.24, 2.45) is 0 Å². The summed E-state index contributed by atoms with van der Waals surface area (Å²) in [5, 5.41) is 3.34. The molecule has 1 aromatic carbocycles. The molecule has 6 heteroatoms. The Bertz CT molecular complexity index is 530. The molecule has 1 amide bonds. The molecule has 0 saturated carbocycles. The molecule has 1 aliphatic rings. The van der Waals surface area contributed by atoms with Crippen LogP contribution in [0.5, 0.6) is 11.5 Å². The van der Waals surface area contributed by atoms with E-state index >= 15 is 0 Å². The summed E-state index contributed by atoms with van der Waals surface area (Å²) in [6.07, 6.45) is 2.91. The van der Waals surface area contributed by atoms with Gasteiger partial charge in [-0.2, -0.15) is 0 Å². The van der Waals surface area contributed by atoms with Crippen molar-refractivity contribution < 1.29 is 19.0 Å². The van der Waals surface area contributed by atoms with Crippen LogP contribution in [0, 0.1) is 0 Å². The number of likely N-dealkylation sites (N-methyl/N-ethyl adjacent to an activating group) is 1. The van der Waals surface area contributed by atoms with Crippen molar-refractivity contribution in [1.82, 2.24) is 10.2 Å². The fourth-order valence-corrected chi connectivity index (χ4v) is 2.84. The van der Waals surface area contributed by atoms with Crippen LogP contribution in [0.2, 0.25) is 0 Å². The van der Waals surface area contributed by atoms with Crippen LogP contribution in [-0.4, -0.2) is 64.4 Å². The fraction of sp³-hybridized carbons (Fsp3) is 0.611. The molecule has 1 aliphatic heterocycles. The zero-order valence-corrected chi connectivity index (χ0v) is 14.8. The van der Waals surface area contributed by atoms with Crippen LogP contribution in [0.15, 0.2) is 18.2 Å². The topological polar surface area (TPSA) is 60.0 Å². The molecule has 1 heterocycles. The highest BCUT2D eigenvalue weighted by molar-refractivity contribution is 5.95. The van der Waals surface area contributed by atoms with Gasteiger partial charge in [-0.15, -0.1) is 0 Å². The molecular weight excluding hydrogens is 308 g/mol. The molecule has 1 fully saturated rings. The van der Waals surface area contributed by atoms with Crippen LogP contribution in [0.3, 0.4) is 0 Å². The minimum atomic E-state index is 0.00749. The summed E-state index contributed by atoms with van der Waals surface area (Å²) in [5.74, 6) is 1.23. The van der Waals surface area contributed by atoms with Crippen LogP contribution in [0.25, 0.3) is 0 Å². The molecule has 0 aliphatic carbocycles. The number of carbonyl (C=O) groups excluding carboxylic acids is 1. The highest BCUT2D eigenvalue weighted by Crippen LogP contribution is 2.29. The second kappa shape index (κ2) is 9.49. The molecule has 0 aromatic heterocycles. The Labute approximate surface area is 144 Å². The van der Waals surface area contributed by atoms with E-state index in [1.807, 2.05) is 11.9 Å². The van der Waals surface area contributed by atoms with Crippen molar-refractivity contribution in [2.75, 3.05) is 47.6 Å². The van der Waals surface area contributed by atoms with Gasteiger partial charge in [0.1, 0.15) is 0 Å². The molecule has 0 spiro atoms. The molecule has 2 rings (SSSR count). The van der Waals surface area contributed by atoms with E-state index in [0.29, 0.717) is 30.3 Å². The first-order valence-electron chi connectivity index (χ1n) is 8.45. The summed E-state index contributed by atoms with van der Waals surface area (Å²) < 4.78 is 16.1. The number of piperidine rings is 1. The van der Waals surface area contributed by atoms with Gasteiger partial charge in [0, 0.05) is 45.3 Å². The summed E-state index contributed by atoms with van der Waals surface area (Å²) >= 11 is 0. The average Bonchev–Trinajstić information content (AvgIpc) is 2.64. The Kier molecular flexibility index (Phi) is 7.34. The Hall–Kier alpha value is -1.79. The van der Waals surface area contributed by atoms with Crippen molar-refractivity contribution in [3.63, 3.8) is 0 Å². The Morgan fingerprint density at radius 3 is 2.79 bits per heavy atom. The summed E-state index contributed by atoms with van der Waals surface area (Å²) in [6, 6.07) is 5.57. The van der Waals surface area contributed by atoms with Crippen LogP contribution in [0.1, 0.15) is 29.6 Å². The highest BCUT2D eigenvalue weighted by Gasteiger charge is 2.23. The summed E-state index contributed by atoms with van der Waals surface area (Å²) in [7, 11) is 5.12. The molecule has 1 saturated heterocycles. The van der Waals surface area contributed by atoms with Gasteiger partial charge in [0.15, 0.2) is 11.5 Å². The predicted octanol–water partition coefficient (Wildman–Crippen LogP) is 1.93. The van der Waals surface area contributed by atoms with E-state index in [4.69, 9.17) is 14.2 Å². The van der Waals surface area contributed by atoms with E-state index in [1.165, 1.54) is 0 Å². The maximum Gasteiger partial charge on any atom is 0.254 e. The summed E-state index contributed by atoms with van der Waals surface area (Å²) in [6.45, 7) is 3.03. The number of nitrogens with zero attached hydrogens (tertiary/aromatic N) is 1. The number of hydrogen-bond donors (Lipinski definition) is 1. The number of rotatable bonds is 8. The average molecular weight is 336 g/mol. The zero-order valence-electron chi connectivity index (χ0n) is 14.8. The van der Waals surface area contributed by atoms with Gasteiger partial charge in [-0.25, -0.2) is 0 Å². The van der Waals surface area contributed by atoms with Gasteiger partial charge < -0.3 is 24.4 Å². The molecule has 1 N–H and O–H groups in total. The van der Waals surface area contributed by atoms with Gasteiger partial charge in [-0.1, -0.05) is 0 Å². The Balaban J connectivity index is 2.06. The van der Waals surface area contributed by atoms with Crippen LogP contribution < -0.4 is 14.8 Å². The van der Waals surface area contributed by atoms with E-state index < -0.39 is 0 Å². The summed E-state index contributed by atoms with van der Waals surface area (Å²) in [5.41, 5.74) is 0.616. The molecule has 1 aromatic rings. The molecular formula is C18H28N2O4. The first kappa shape index (κ1) is 18.5. The van der Waals surface area contributed by atoms with Gasteiger partial charge in [-0.05, 0) is 37.6 Å². The minimum Gasteiger partial charge on any atom is -0.493 e. The maximum absolute atomic E-state index is 12.8. The zero-order chi connectivity index (χ0) is 17.4. The molecule has 0 radical (unpaired) electrons. The van der Waals surface area contributed by atoms with E-state index in [-0.39, 0.29) is 11.9 Å². The molecule has 0 bridgehead atoms. The van der Waals surface area contributed by atoms with E-state index in [0.717, 1.165) is 32.4 Å². The largest absolute Gasteiger partial charge is 0.493 e. The predicted molar refractivity (Wildman–Crippen MR) is 93.0 cm³/mol. The van der Waals surface area contributed by atoms with E-state index in [2.05, 4.69) is 5.32 Å². The number of ether oxygens (including phenoxy) is 3. The second-order valence-electron chi connectivity index (χ2n) is 5.98. The lowest BCUT2D eigenvalue weighted by Gasteiger charge is -2.31. The molecule has 0 unspecified atom stereocenters. The van der Waals surface area contributed by atoms with Gasteiger partial charge in [-0.3, -0.25) is 4.79 Å². The number of benzene rings is 1. The third-order valence-electron chi connectivity index (χ3n) is 4.30. The molecule has 24 heavy (non-hydrogen) atoms. The normalized spacial score (nSPS) is 17.4. The summed E-state index contributed by atoms with van der Waals surface area (Å²) in [4.78, 5) is 14.6. The van der Waals surface area contributed by atoms with Crippen molar-refractivity contribution in [3.05, 3.63) is 23.8 Å². The number of carbonyl (C=O) groups is 1. The number of nitrogens with one attached hydrogen (secondary N) is 1. The molecule has 6 nitrogen and oxygen atoms in total. The second-order valence-corrected chi connectivity index (χ2v) is 5.98. The van der Waals surface area contributed by atoms with Crippen molar-refractivity contribution >= 4 is 5.91 Å². The Morgan fingerprint density at radius 1 is 1.29 bits per heavy atom. The van der Waals surface area contributed by atoms with Crippen LogP contribution in [-0.2, 0) is 4.74 Å². The lowest BCUT2D eigenvalue weighted by Crippen LogP contribution is -2.46. The van der Waals surface area contributed by atoms with Crippen molar-refractivity contribution in [3.8, 4) is 11.5 Å².